The topological polar surface area (TPSA) is 20.2 Å². The van der Waals surface area contributed by atoms with Crippen LogP contribution in [0.2, 0.25) is 0 Å². The predicted octanol–water partition coefficient (Wildman–Crippen LogP) is 7.14. The van der Waals surface area contributed by atoms with Gasteiger partial charge in [-0.3, -0.25) is 0 Å². The maximum absolute atomic E-state index is 10.2. The molecule has 4 rings (SSSR count). The van der Waals surface area contributed by atoms with E-state index in [0.29, 0.717) is 10.8 Å². The van der Waals surface area contributed by atoms with E-state index in [1.807, 2.05) is 0 Å². The van der Waals surface area contributed by atoms with Gasteiger partial charge in [-0.15, -0.1) is 0 Å². The second kappa shape index (κ2) is 7.51. The number of hydrogen-bond acceptors (Lipinski definition) is 1. The van der Waals surface area contributed by atoms with E-state index in [4.69, 9.17) is 0 Å². The first kappa shape index (κ1) is 20.0. The zero-order valence-electron chi connectivity index (χ0n) is 18.5. The maximum Gasteiger partial charge on any atom is 0.0577 e. The third kappa shape index (κ3) is 3.45. The summed E-state index contributed by atoms with van der Waals surface area (Å²) in [6, 6.07) is 0. The zero-order valence-corrected chi connectivity index (χ0v) is 18.5. The lowest BCUT2D eigenvalue weighted by molar-refractivity contribution is -0.0508. The lowest BCUT2D eigenvalue weighted by Crippen LogP contribution is -2.50. The highest BCUT2D eigenvalue weighted by atomic mass is 16.3. The molecule has 0 saturated heterocycles. The normalized spacial score (nSPS) is 46.6. The van der Waals surface area contributed by atoms with Gasteiger partial charge in [-0.25, -0.2) is 0 Å². The first-order valence-corrected chi connectivity index (χ1v) is 12.2. The van der Waals surface area contributed by atoms with Crippen LogP contribution in [0, 0.1) is 40.4 Å². The van der Waals surface area contributed by atoms with Crippen molar-refractivity contribution in [1.29, 1.82) is 0 Å². The second-order valence-corrected chi connectivity index (χ2v) is 11.7. The fourth-order valence-corrected chi connectivity index (χ4v) is 8.17. The average Bonchev–Trinajstić information content (AvgIpc) is 2.96. The number of rotatable bonds is 5. The van der Waals surface area contributed by atoms with Gasteiger partial charge in [0.1, 0.15) is 0 Å². The van der Waals surface area contributed by atoms with Crippen molar-refractivity contribution in [2.75, 3.05) is 0 Å². The van der Waals surface area contributed by atoms with Gasteiger partial charge in [0, 0.05) is 0 Å². The van der Waals surface area contributed by atoms with Crippen molar-refractivity contribution in [2.24, 2.45) is 40.4 Å². The van der Waals surface area contributed by atoms with Crippen molar-refractivity contribution < 1.29 is 5.11 Å². The summed E-state index contributed by atoms with van der Waals surface area (Å²) in [5.74, 6) is 4.64. The summed E-state index contributed by atoms with van der Waals surface area (Å²) in [5.41, 5.74) is 2.64. The first-order chi connectivity index (χ1) is 12.8. The summed E-state index contributed by atoms with van der Waals surface area (Å²) in [5, 5.41) is 10.2. The third-order valence-electron chi connectivity index (χ3n) is 9.86. The average molecular weight is 373 g/mol. The highest BCUT2D eigenvalue weighted by molar-refractivity contribution is 5.25. The molecule has 1 nitrogen and oxygen atoms in total. The van der Waals surface area contributed by atoms with E-state index in [-0.39, 0.29) is 6.10 Å². The van der Waals surface area contributed by atoms with Gasteiger partial charge in [-0.2, -0.15) is 0 Å². The van der Waals surface area contributed by atoms with Crippen molar-refractivity contribution in [3.8, 4) is 0 Å². The highest BCUT2D eigenvalue weighted by Crippen LogP contribution is 2.66. The fraction of sp³-hybridized carbons (Fsp3) is 0.923. The molecule has 0 heterocycles. The summed E-state index contributed by atoms with van der Waals surface area (Å²) in [6.07, 6.45) is 18.7. The molecule has 27 heavy (non-hydrogen) atoms. The van der Waals surface area contributed by atoms with E-state index in [0.717, 1.165) is 42.4 Å². The minimum Gasteiger partial charge on any atom is -0.393 e. The van der Waals surface area contributed by atoms with Gasteiger partial charge < -0.3 is 5.11 Å². The molecule has 4 aliphatic carbocycles. The molecule has 0 radical (unpaired) electrons. The van der Waals surface area contributed by atoms with Gasteiger partial charge in [0.2, 0.25) is 0 Å². The van der Waals surface area contributed by atoms with Gasteiger partial charge in [-0.1, -0.05) is 58.6 Å². The van der Waals surface area contributed by atoms with E-state index in [1.54, 1.807) is 5.57 Å². The smallest absolute Gasteiger partial charge is 0.0577 e. The van der Waals surface area contributed by atoms with Crippen LogP contribution in [-0.2, 0) is 0 Å². The van der Waals surface area contributed by atoms with Crippen LogP contribution in [0.5, 0.6) is 0 Å². The van der Waals surface area contributed by atoms with Crippen LogP contribution in [-0.4, -0.2) is 11.2 Å². The lowest BCUT2D eigenvalue weighted by atomic mass is 9.47. The van der Waals surface area contributed by atoms with Gasteiger partial charge in [0.15, 0.2) is 0 Å². The number of aliphatic hydroxyl groups is 1. The molecule has 0 spiro atoms. The Balaban J connectivity index is 1.46. The van der Waals surface area contributed by atoms with Gasteiger partial charge in [0.25, 0.3) is 0 Å². The van der Waals surface area contributed by atoms with E-state index < -0.39 is 0 Å². The Morgan fingerprint density at radius 2 is 1.85 bits per heavy atom. The molecule has 0 aliphatic heterocycles. The molecule has 2 unspecified atom stereocenters. The van der Waals surface area contributed by atoms with Gasteiger partial charge in [-0.05, 0) is 98.2 Å². The monoisotopic (exact) mass is 372 g/mol. The Bertz CT molecular complexity index is 563. The Morgan fingerprint density at radius 3 is 2.63 bits per heavy atom. The number of allylic oxidation sites excluding steroid dienone is 1. The molecule has 0 bridgehead atoms. The van der Waals surface area contributed by atoms with Crippen molar-refractivity contribution in [1.82, 2.24) is 0 Å². The zero-order chi connectivity index (χ0) is 19.2. The lowest BCUT2D eigenvalue weighted by Gasteiger charge is -2.58. The van der Waals surface area contributed by atoms with Crippen LogP contribution < -0.4 is 0 Å². The summed E-state index contributed by atoms with van der Waals surface area (Å²) in [4.78, 5) is 0. The van der Waals surface area contributed by atoms with E-state index >= 15 is 0 Å². The number of fused-ring (bicyclic) bond motifs is 5. The van der Waals surface area contributed by atoms with Crippen LogP contribution in [0.4, 0.5) is 0 Å². The fourth-order valence-electron chi connectivity index (χ4n) is 8.17. The molecule has 3 saturated carbocycles. The molecule has 1 N–H and O–H groups in total. The molecular formula is C26H44O. The summed E-state index contributed by atoms with van der Waals surface area (Å²) in [6.45, 7) is 9.97. The van der Waals surface area contributed by atoms with Crippen LogP contribution in [0.15, 0.2) is 11.6 Å². The van der Waals surface area contributed by atoms with E-state index in [1.165, 1.54) is 64.2 Å². The maximum atomic E-state index is 10.2. The molecule has 0 aromatic heterocycles. The van der Waals surface area contributed by atoms with E-state index in [2.05, 4.69) is 33.8 Å². The van der Waals surface area contributed by atoms with Crippen LogP contribution >= 0.6 is 0 Å². The summed E-state index contributed by atoms with van der Waals surface area (Å²) < 4.78 is 0. The molecule has 7 atom stereocenters. The number of hydrogen-bond donors (Lipinski definition) is 1. The van der Waals surface area contributed by atoms with Gasteiger partial charge in [0.05, 0.1) is 6.10 Å². The third-order valence-corrected chi connectivity index (χ3v) is 9.86. The Kier molecular flexibility index (Phi) is 5.56. The molecule has 1 heteroatoms. The first-order valence-electron chi connectivity index (χ1n) is 12.2. The number of unbranched alkanes of at least 4 members (excludes halogenated alkanes) is 1. The molecule has 0 aromatic rings. The Hall–Kier alpha value is -0.300. The van der Waals surface area contributed by atoms with E-state index in [9.17, 15) is 5.11 Å². The highest BCUT2D eigenvalue weighted by Gasteiger charge is 2.58. The standard InChI is InChI=1S/C26H44O/c1-18(2)7-5-6-8-19-10-12-23-22-11-9-20-17-21(27)13-15-26(20,4)24(22)14-16-25(19,23)3/h9,18-19,21-24,27H,5-8,10-17H2,1-4H3/t19?,21-,22?,23-,24-,25+,26-/m0/s1. The van der Waals surface area contributed by atoms with Crippen molar-refractivity contribution >= 4 is 0 Å². The molecule has 0 amide bonds. The van der Waals surface area contributed by atoms with Crippen molar-refractivity contribution in [3.05, 3.63) is 11.6 Å². The minimum atomic E-state index is -0.0727. The summed E-state index contributed by atoms with van der Waals surface area (Å²) in [7, 11) is 0. The molecule has 154 valence electrons. The predicted molar refractivity (Wildman–Crippen MR) is 115 cm³/mol. The SMILES string of the molecule is CC(C)CCCCC1CC[C@H]2C3CC=C4C[C@@H](O)CC[C@]4(C)[C@H]3CC[C@]12C. The van der Waals surface area contributed by atoms with Crippen LogP contribution in [0.3, 0.4) is 0 Å². The minimum absolute atomic E-state index is 0.0727. The molecule has 0 aromatic carbocycles. The Labute approximate surface area is 168 Å². The molecule has 3 fully saturated rings. The van der Waals surface area contributed by atoms with Gasteiger partial charge >= 0.3 is 0 Å². The van der Waals surface area contributed by atoms with Crippen LogP contribution in [0.1, 0.15) is 105 Å². The largest absolute Gasteiger partial charge is 0.393 e. The van der Waals surface area contributed by atoms with Crippen molar-refractivity contribution in [3.63, 3.8) is 0 Å². The Morgan fingerprint density at radius 1 is 1.04 bits per heavy atom. The molecular weight excluding hydrogens is 328 g/mol. The second-order valence-electron chi connectivity index (χ2n) is 11.7. The number of aliphatic hydroxyl groups excluding tert-OH is 1. The summed E-state index contributed by atoms with van der Waals surface area (Å²) >= 11 is 0. The molecule has 4 aliphatic rings. The quantitative estimate of drug-likeness (QED) is 0.401. The van der Waals surface area contributed by atoms with Crippen molar-refractivity contribution in [2.45, 2.75) is 111 Å². The van der Waals surface area contributed by atoms with Crippen LogP contribution in [0.25, 0.3) is 0 Å².